The number of likely N-dealkylation sites (tertiary alicyclic amines) is 1. The fraction of sp³-hybridized carbons (Fsp3) is 0.636. The lowest BCUT2D eigenvalue weighted by atomic mass is 9.92. The van der Waals surface area contributed by atoms with E-state index >= 15 is 0 Å². The predicted octanol–water partition coefficient (Wildman–Crippen LogP) is 2.63. The van der Waals surface area contributed by atoms with Crippen LogP contribution in [0.3, 0.4) is 0 Å². The zero-order valence-corrected chi connectivity index (χ0v) is 9.18. The molecule has 1 fully saturated rings. The lowest BCUT2D eigenvalue weighted by molar-refractivity contribution is 0.0401. The summed E-state index contributed by atoms with van der Waals surface area (Å²) in [6, 6.07) is 5.18. The normalized spacial score (nSPS) is 28.8. The molecule has 0 amide bonds. The molecule has 1 aliphatic heterocycles. The Balaban J connectivity index is 1.75. The maximum absolute atomic E-state index is 2.57. The van der Waals surface area contributed by atoms with Crippen LogP contribution in [0.1, 0.15) is 18.7 Å². The van der Waals surface area contributed by atoms with E-state index in [9.17, 15) is 0 Å². The summed E-state index contributed by atoms with van der Waals surface area (Å²) in [5, 5.41) is 2.16. The van der Waals surface area contributed by atoms with Gasteiger partial charge in [0.1, 0.15) is 0 Å². The quantitative estimate of drug-likeness (QED) is 0.716. The van der Waals surface area contributed by atoms with E-state index < -0.39 is 0 Å². The molecule has 1 aliphatic rings. The Labute approximate surface area is 84.4 Å². The lowest BCUT2D eigenvalue weighted by Crippen LogP contribution is -2.53. The molecule has 72 valence electrons. The van der Waals surface area contributed by atoms with Crippen molar-refractivity contribution in [1.82, 2.24) is 4.90 Å². The maximum atomic E-state index is 2.57. The van der Waals surface area contributed by atoms with Crippen molar-refractivity contribution < 1.29 is 0 Å². The molecule has 1 nitrogen and oxygen atoms in total. The molecule has 2 heteroatoms. The molecule has 0 bridgehead atoms. The van der Waals surface area contributed by atoms with E-state index in [0.29, 0.717) is 0 Å². The Morgan fingerprint density at radius 1 is 1.54 bits per heavy atom. The highest BCUT2D eigenvalue weighted by molar-refractivity contribution is 7.09. The largest absolute Gasteiger partial charge is 0.300 e. The third-order valence-electron chi connectivity index (χ3n) is 3.15. The third-order valence-corrected chi connectivity index (χ3v) is 4.08. The highest BCUT2D eigenvalue weighted by Gasteiger charge is 2.30. The number of rotatable bonds is 3. The molecule has 0 aromatic carbocycles. The van der Waals surface area contributed by atoms with Crippen LogP contribution < -0.4 is 0 Å². The molecule has 1 saturated heterocycles. The molecule has 0 spiro atoms. The molecule has 13 heavy (non-hydrogen) atoms. The van der Waals surface area contributed by atoms with Gasteiger partial charge >= 0.3 is 0 Å². The summed E-state index contributed by atoms with van der Waals surface area (Å²) in [6.45, 7) is 7.22. The third kappa shape index (κ3) is 1.94. The van der Waals surface area contributed by atoms with Gasteiger partial charge in [0.2, 0.25) is 0 Å². The minimum atomic E-state index is 0.806. The predicted molar refractivity (Wildman–Crippen MR) is 58.2 cm³/mol. The number of thiophene rings is 1. The van der Waals surface area contributed by atoms with Gasteiger partial charge in [0.15, 0.2) is 0 Å². The van der Waals surface area contributed by atoms with Crippen LogP contribution in [0.5, 0.6) is 0 Å². The van der Waals surface area contributed by atoms with Crippen molar-refractivity contribution in [2.45, 2.75) is 26.3 Å². The van der Waals surface area contributed by atoms with Crippen molar-refractivity contribution in [3.05, 3.63) is 22.4 Å². The highest BCUT2D eigenvalue weighted by Crippen LogP contribution is 2.24. The number of hydrogen-bond acceptors (Lipinski definition) is 2. The average Bonchev–Trinajstić information content (AvgIpc) is 2.64. The first kappa shape index (κ1) is 9.22. The molecule has 0 aliphatic carbocycles. The van der Waals surface area contributed by atoms with Crippen molar-refractivity contribution >= 4 is 11.3 Å². The van der Waals surface area contributed by atoms with E-state index in [4.69, 9.17) is 0 Å². The Bertz CT molecular complexity index is 255. The van der Waals surface area contributed by atoms with Crippen molar-refractivity contribution in [3.8, 4) is 0 Å². The van der Waals surface area contributed by atoms with Crippen LogP contribution in [0, 0.1) is 5.92 Å². The van der Waals surface area contributed by atoms with Crippen LogP contribution in [0.2, 0.25) is 0 Å². The molecular formula is C11H17NS. The van der Waals surface area contributed by atoms with Crippen LogP contribution in [0.4, 0.5) is 0 Å². The van der Waals surface area contributed by atoms with Crippen molar-refractivity contribution in [1.29, 1.82) is 0 Å². The molecule has 0 radical (unpaired) electrons. The summed E-state index contributed by atoms with van der Waals surface area (Å²) in [5.74, 6) is 0.906. The van der Waals surface area contributed by atoms with Gasteiger partial charge in [0.05, 0.1) is 0 Å². The standard InChI is InChI=1S/C11H17NS/c1-9-8-12(10(9)2)6-5-11-4-3-7-13-11/h3-4,7,9-10H,5-6,8H2,1-2H3. The number of hydrogen-bond donors (Lipinski definition) is 0. The van der Waals surface area contributed by atoms with E-state index in [0.717, 1.165) is 12.0 Å². The van der Waals surface area contributed by atoms with Crippen LogP contribution in [-0.2, 0) is 6.42 Å². The van der Waals surface area contributed by atoms with Gasteiger partial charge in [-0.25, -0.2) is 0 Å². The Morgan fingerprint density at radius 3 is 2.92 bits per heavy atom. The second kappa shape index (κ2) is 3.81. The topological polar surface area (TPSA) is 3.24 Å². The molecule has 1 aromatic rings. The van der Waals surface area contributed by atoms with Crippen molar-refractivity contribution in [2.24, 2.45) is 5.92 Å². The summed E-state index contributed by atoms with van der Waals surface area (Å²) in [7, 11) is 0. The van der Waals surface area contributed by atoms with Gasteiger partial charge < -0.3 is 0 Å². The van der Waals surface area contributed by atoms with Crippen LogP contribution in [0.25, 0.3) is 0 Å². The van der Waals surface area contributed by atoms with Gasteiger partial charge in [-0.15, -0.1) is 11.3 Å². The second-order valence-electron chi connectivity index (χ2n) is 4.04. The van der Waals surface area contributed by atoms with Crippen molar-refractivity contribution in [3.63, 3.8) is 0 Å². The zero-order valence-electron chi connectivity index (χ0n) is 8.36. The first-order valence-electron chi connectivity index (χ1n) is 5.04. The molecule has 2 unspecified atom stereocenters. The number of nitrogens with zero attached hydrogens (tertiary/aromatic N) is 1. The van der Waals surface area contributed by atoms with Gasteiger partial charge in [-0.2, -0.15) is 0 Å². The Morgan fingerprint density at radius 2 is 2.38 bits per heavy atom. The molecular weight excluding hydrogens is 178 g/mol. The van der Waals surface area contributed by atoms with Gasteiger partial charge in [-0.3, -0.25) is 4.90 Å². The van der Waals surface area contributed by atoms with Gasteiger partial charge in [0, 0.05) is 24.0 Å². The molecule has 2 rings (SSSR count). The highest BCUT2D eigenvalue weighted by atomic mass is 32.1. The van der Waals surface area contributed by atoms with Crippen LogP contribution in [0.15, 0.2) is 17.5 Å². The fourth-order valence-electron chi connectivity index (χ4n) is 1.91. The van der Waals surface area contributed by atoms with Crippen LogP contribution in [-0.4, -0.2) is 24.0 Å². The Kier molecular flexibility index (Phi) is 2.70. The molecule has 0 saturated carbocycles. The van der Waals surface area contributed by atoms with Gasteiger partial charge in [0.25, 0.3) is 0 Å². The lowest BCUT2D eigenvalue weighted by Gasteiger charge is -2.44. The van der Waals surface area contributed by atoms with E-state index in [1.165, 1.54) is 24.4 Å². The maximum Gasteiger partial charge on any atom is 0.0105 e. The van der Waals surface area contributed by atoms with E-state index in [1.807, 2.05) is 11.3 Å². The average molecular weight is 195 g/mol. The summed E-state index contributed by atoms with van der Waals surface area (Å²) in [6.07, 6.45) is 1.23. The SMILES string of the molecule is CC1CN(CCc2cccs2)C1C. The second-order valence-corrected chi connectivity index (χ2v) is 5.07. The van der Waals surface area contributed by atoms with E-state index in [-0.39, 0.29) is 0 Å². The molecule has 0 N–H and O–H groups in total. The first-order chi connectivity index (χ1) is 6.27. The molecule has 2 heterocycles. The Hall–Kier alpha value is -0.340. The summed E-state index contributed by atoms with van der Waals surface area (Å²) >= 11 is 1.87. The summed E-state index contributed by atoms with van der Waals surface area (Å²) < 4.78 is 0. The minimum absolute atomic E-state index is 0.806. The van der Waals surface area contributed by atoms with Crippen molar-refractivity contribution in [2.75, 3.05) is 13.1 Å². The van der Waals surface area contributed by atoms with E-state index in [2.05, 4.69) is 36.3 Å². The molecule has 1 aromatic heterocycles. The monoisotopic (exact) mass is 195 g/mol. The fourth-order valence-corrected chi connectivity index (χ4v) is 2.61. The van der Waals surface area contributed by atoms with Gasteiger partial charge in [-0.05, 0) is 30.7 Å². The summed E-state index contributed by atoms with van der Waals surface area (Å²) in [4.78, 5) is 4.09. The van der Waals surface area contributed by atoms with Gasteiger partial charge in [-0.1, -0.05) is 13.0 Å². The zero-order chi connectivity index (χ0) is 9.26. The smallest absolute Gasteiger partial charge is 0.0105 e. The first-order valence-corrected chi connectivity index (χ1v) is 5.92. The summed E-state index contributed by atoms with van der Waals surface area (Å²) in [5.41, 5.74) is 0. The minimum Gasteiger partial charge on any atom is -0.300 e. The molecule has 2 atom stereocenters. The van der Waals surface area contributed by atoms with E-state index in [1.54, 1.807) is 0 Å². The van der Waals surface area contributed by atoms with Crippen LogP contribution >= 0.6 is 11.3 Å².